The molecule has 1 unspecified atom stereocenters. The normalized spacial score (nSPS) is 13.5. The first-order valence-corrected chi connectivity index (χ1v) is 7.12. The third kappa shape index (κ3) is 4.71. The van der Waals surface area contributed by atoms with Gasteiger partial charge in [0.25, 0.3) is 0 Å². The highest BCUT2D eigenvalue weighted by Crippen LogP contribution is 2.39. The van der Waals surface area contributed by atoms with Gasteiger partial charge in [-0.3, -0.25) is 0 Å². The maximum absolute atomic E-state index is 5.70. The van der Waals surface area contributed by atoms with Crippen molar-refractivity contribution in [2.45, 2.75) is 45.9 Å². The molecule has 1 aromatic carbocycles. The van der Waals surface area contributed by atoms with Gasteiger partial charge in [-0.05, 0) is 31.7 Å². The molecule has 1 nitrogen and oxygen atoms in total. The van der Waals surface area contributed by atoms with E-state index in [4.69, 9.17) is 4.74 Å². The standard InChI is InChI=1S/C15H23BrO/c1-6-17-14-8-7-11(2)9-12(14)13(16)10-15(3,4)5/h7-9,13H,6,10H2,1-5H3. The van der Waals surface area contributed by atoms with Crippen LogP contribution >= 0.6 is 15.9 Å². The fourth-order valence-electron chi connectivity index (χ4n) is 1.85. The van der Waals surface area contributed by atoms with Gasteiger partial charge >= 0.3 is 0 Å². The Morgan fingerprint density at radius 1 is 1.29 bits per heavy atom. The summed E-state index contributed by atoms with van der Waals surface area (Å²) in [5, 5.41) is 0. The maximum Gasteiger partial charge on any atom is 0.123 e. The summed E-state index contributed by atoms with van der Waals surface area (Å²) in [5.41, 5.74) is 2.85. The average Bonchev–Trinajstić information content (AvgIpc) is 2.18. The van der Waals surface area contributed by atoms with Crippen LogP contribution in [0.5, 0.6) is 5.75 Å². The van der Waals surface area contributed by atoms with Crippen LogP contribution in [0, 0.1) is 12.3 Å². The molecule has 0 saturated carbocycles. The van der Waals surface area contributed by atoms with Crippen molar-refractivity contribution in [1.29, 1.82) is 0 Å². The summed E-state index contributed by atoms with van der Waals surface area (Å²) in [6, 6.07) is 6.40. The monoisotopic (exact) mass is 298 g/mol. The number of alkyl halides is 1. The van der Waals surface area contributed by atoms with Crippen molar-refractivity contribution in [2.24, 2.45) is 5.41 Å². The Balaban J connectivity index is 2.97. The van der Waals surface area contributed by atoms with Crippen LogP contribution in [-0.4, -0.2) is 6.61 Å². The second-order valence-electron chi connectivity index (χ2n) is 5.71. The number of rotatable bonds is 4. The minimum absolute atomic E-state index is 0.307. The number of benzene rings is 1. The molecule has 1 aromatic rings. The number of hydrogen-bond donors (Lipinski definition) is 0. The molecule has 0 radical (unpaired) electrons. The summed E-state index contributed by atoms with van der Waals surface area (Å²) in [7, 11) is 0. The lowest BCUT2D eigenvalue weighted by molar-refractivity contribution is 0.330. The lowest BCUT2D eigenvalue weighted by atomic mass is 9.88. The molecule has 1 atom stereocenters. The Morgan fingerprint density at radius 3 is 2.47 bits per heavy atom. The van der Waals surface area contributed by atoms with Gasteiger partial charge in [0.1, 0.15) is 5.75 Å². The molecular formula is C15H23BrO. The molecule has 0 heterocycles. The zero-order valence-corrected chi connectivity index (χ0v) is 13.1. The van der Waals surface area contributed by atoms with Crippen molar-refractivity contribution in [2.75, 3.05) is 6.61 Å². The zero-order valence-electron chi connectivity index (χ0n) is 11.5. The van der Waals surface area contributed by atoms with Crippen molar-refractivity contribution < 1.29 is 4.74 Å². The molecule has 0 aromatic heterocycles. The smallest absolute Gasteiger partial charge is 0.123 e. The predicted molar refractivity (Wildman–Crippen MR) is 78.1 cm³/mol. The van der Waals surface area contributed by atoms with E-state index >= 15 is 0 Å². The second-order valence-corrected chi connectivity index (χ2v) is 6.81. The molecule has 0 saturated heterocycles. The fourth-order valence-corrected chi connectivity index (χ4v) is 3.18. The van der Waals surface area contributed by atoms with Crippen molar-refractivity contribution in [3.05, 3.63) is 29.3 Å². The van der Waals surface area contributed by atoms with Crippen LogP contribution in [0.4, 0.5) is 0 Å². The predicted octanol–water partition coefficient (Wildman–Crippen LogP) is 5.27. The van der Waals surface area contributed by atoms with E-state index in [1.807, 2.05) is 6.92 Å². The second kappa shape index (κ2) is 5.90. The van der Waals surface area contributed by atoms with Crippen LogP contribution in [0.15, 0.2) is 18.2 Å². The summed E-state index contributed by atoms with van der Waals surface area (Å²) in [6.45, 7) is 11.6. The largest absolute Gasteiger partial charge is 0.494 e. The van der Waals surface area contributed by atoms with Gasteiger partial charge in [-0.25, -0.2) is 0 Å². The van der Waals surface area contributed by atoms with Crippen LogP contribution in [0.2, 0.25) is 0 Å². The van der Waals surface area contributed by atoms with E-state index in [0.29, 0.717) is 16.8 Å². The highest BCUT2D eigenvalue weighted by Gasteiger charge is 2.20. The number of ether oxygens (including phenoxy) is 1. The quantitative estimate of drug-likeness (QED) is 0.688. The van der Waals surface area contributed by atoms with Crippen molar-refractivity contribution in [1.82, 2.24) is 0 Å². The summed E-state index contributed by atoms with van der Waals surface area (Å²) < 4.78 is 5.70. The topological polar surface area (TPSA) is 9.23 Å². The molecule has 0 N–H and O–H groups in total. The first kappa shape index (κ1) is 14.6. The first-order valence-electron chi connectivity index (χ1n) is 6.21. The van der Waals surface area contributed by atoms with Crippen LogP contribution in [-0.2, 0) is 0 Å². The van der Waals surface area contributed by atoms with Crippen molar-refractivity contribution in [3.8, 4) is 5.75 Å². The minimum atomic E-state index is 0.307. The molecule has 0 aliphatic carbocycles. The lowest BCUT2D eigenvalue weighted by Crippen LogP contribution is -2.09. The summed E-state index contributed by atoms with van der Waals surface area (Å²) in [5.74, 6) is 1.00. The minimum Gasteiger partial charge on any atom is -0.494 e. The molecule has 96 valence electrons. The van der Waals surface area contributed by atoms with E-state index < -0.39 is 0 Å². The van der Waals surface area contributed by atoms with E-state index in [-0.39, 0.29) is 0 Å². The van der Waals surface area contributed by atoms with Gasteiger partial charge < -0.3 is 4.74 Å². The van der Waals surface area contributed by atoms with Gasteiger partial charge in [0.05, 0.1) is 6.61 Å². The Morgan fingerprint density at radius 2 is 1.94 bits per heavy atom. The number of aryl methyl sites for hydroxylation is 1. The summed E-state index contributed by atoms with van der Waals surface area (Å²) in [6.07, 6.45) is 1.09. The van der Waals surface area contributed by atoms with Crippen molar-refractivity contribution >= 4 is 15.9 Å². The summed E-state index contributed by atoms with van der Waals surface area (Å²) >= 11 is 3.80. The Kier molecular flexibility index (Phi) is 5.05. The van der Waals surface area contributed by atoms with Crippen LogP contribution in [0.25, 0.3) is 0 Å². The molecule has 0 aliphatic heterocycles. The lowest BCUT2D eigenvalue weighted by Gasteiger charge is -2.24. The average molecular weight is 299 g/mol. The molecule has 0 spiro atoms. The third-order valence-corrected chi connectivity index (χ3v) is 3.41. The Hall–Kier alpha value is -0.500. The van der Waals surface area contributed by atoms with Crippen LogP contribution in [0.3, 0.4) is 0 Å². The van der Waals surface area contributed by atoms with Gasteiger partial charge in [-0.2, -0.15) is 0 Å². The van der Waals surface area contributed by atoms with E-state index in [9.17, 15) is 0 Å². The van der Waals surface area contributed by atoms with Crippen LogP contribution < -0.4 is 4.74 Å². The van der Waals surface area contributed by atoms with Crippen LogP contribution in [0.1, 0.15) is 50.1 Å². The summed E-state index contributed by atoms with van der Waals surface area (Å²) in [4.78, 5) is 0.351. The molecule has 1 rings (SSSR count). The highest BCUT2D eigenvalue weighted by molar-refractivity contribution is 9.09. The van der Waals surface area contributed by atoms with E-state index in [1.54, 1.807) is 0 Å². The van der Waals surface area contributed by atoms with Gasteiger partial charge in [-0.15, -0.1) is 0 Å². The van der Waals surface area contributed by atoms with E-state index in [2.05, 4.69) is 61.8 Å². The fraction of sp³-hybridized carbons (Fsp3) is 0.600. The molecule has 0 bridgehead atoms. The molecule has 0 amide bonds. The number of halogens is 1. The van der Waals surface area contributed by atoms with Gasteiger partial charge in [-0.1, -0.05) is 54.4 Å². The number of hydrogen-bond acceptors (Lipinski definition) is 1. The molecule has 0 fully saturated rings. The Labute approximate surface area is 114 Å². The van der Waals surface area contributed by atoms with E-state index in [1.165, 1.54) is 11.1 Å². The first-order chi connectivity index (χ1) is 7.83. The van der Waals surface area contributed by atoms with Crippen molar-refractivity contribution in [3.63, 3.8) is 0 Å². The SMILES string of the molecule is CCOc1ccc(C)cc1C(Br)CC(C)(C)C. The van der Waals surface area contributed by atoms with Gasteiger partial charge in [0.15, 0.2) is 0 Å². The molecular weight excluding hydrogens is 276 g/mol. The third-order valence-electron chi connectivity index (χ3n) is 2.59. The maximum atomic E-state index is 5.70. The molecule has 2 heteroatoms. The molecule has 17 heavy (non-hydrogen) atoms. The van der Waals surface area contributed by atoms with E-state index in [0.717, 1.165) is 12.2 Å². The highest BCUT2D eigenvalue weighted by atomic mass is 79.9. The molecule has 0 aliphatic rings. The van der Waals surface area contributed by atoms with Gasteiger partial charge in [0, 0.05) is 10.4 Å². The Bertz CT molecular complexity index is 366. The zero-order chi connectivity index (χ0) is 13.1. The van der Waals surface area contributed by atoms with Gasteiger partial charge in [0.2, 0.25) is 0 Å².